The first-order valence-corrected chi connectivity index (χ1v) is 9.68. The van der Waals surface area contributed by atoms with Crippen molar-refractivity contribution >= 4 is 5.91 Å². The normalized spacial score (nSPS) is 20.3. The van der Waals surface area contributed by atoms with Gasteiger partial charge in [0.15, 0.2) is 5.82 Å². The van der Waals surface area contributed by atoms with Gasteiger partial charge in [-0.25, -0.2) is 4.39 Å². The summed E-state index contributed by atoms with van der Waals surface area (Å²) in [5, 5.41) is 4.02. The molecule has 2 heterocycles. The SMILES string of the molecule is O=C(C1CCCC1)N1CCC(c2nc(CCOc3ccc(F)cc3)no2)C1. The van der Waals surface area contributed by atoms with Crippen molar-refractivity contribution in [1.82, 2.24) is 15.0 Å². The number of halogens is 1. The molecule has 1 unspecified atom stereocenters. The standard InChI is InChI=1S/C20H24FN3O3/c21-16-5-7-17(8-6-16)26-12-10-18-22-19(27-23-18)15-9-11-24(13-15)20(25)14-3-1-2-4-14/h5-8,14-15H,1-4,9-13H2. The number of rotatable bonds is 6. The minimum Gasteiger partial charge on any atom is -0.493 e. The summed E-state index contributed by atoms with van der Waals surface area (Å²) in [6.07, 6.45) is 5.77. The third-order valence-electron chi connectivity index (χ3n) is 5.45. The van der Waals surface area contributed by atoms with E-state index in [1.165, 1.54) is 25.0 Å². The van der Waals surface area contributed by atoms with Crippen LogP contribution in [0.5, 0.6) is 5.75 Å². The number of hydrogen-bond acceptors (Lipinski definition) is 5. The molecule has 27 heavy (non-hydrogen) atoms. The molecule has 1 aromatic carbocycles. The average Bonchev–Trinajstić information content (AvgIpc) is 3.44. The second-order valence-electron chi connectivity index (χ2n) is 7.35. The molecule has 1 aromatic heterocycles. The molecular weight excluding hydrogens is 349 g/mol. The van der Waals surface area contributed by atoms with Gasteiger partial charge in [0.05, 0.1) is 12.5 Å². The topological polar surface area (TPSA) is 68.5 Å². The van der Waals surface area contributed by atoms with Crippen LogP contribution < -0.4 is 4.74 Å². The second-order valence-corrected chi connectivity index (χ2v) is 7.35. The minimum absolute atomic E-state index is 0.120. The summed E-state index contributed by atoms with van der Waals surface area (Å²) in [6.45, 7) is 1.83. The summed E-state index contributed by atoms with van der Waals surface area (Å²) in [4.78, 5) is 19.0. The van der Waals surface area contributed by atoms with Crippen LogP contribution in [-0.2, 0) is 11.2 Å². The van der Waals surface area contributed by atoms with Gasteiger partial charge in [0.25, 0.3) is 0 Å². The Morgan fingerprint density at radius 1 is 1.22 bits per heavy atom. The zero-order chi connectivity index (χ0) is 18.6. The highest BCUT2D eigenvalue weighted by molar-refractivity contribution is 5.79. The van der Waals surface area contributed by atoms with Gasteiger partial charge in [-0.1, -0.05) is 18.0 Å². The molecule has 0 radical (unpaired) electrons. The van der Waals surface area contributed by atoms with Gasteiger partial charge in [-0.15, -0.1) is 0 Å². The molecule has 1 saturated carbocycles. The number of nitrogens with zero attached hydrogens (tertiary/aromatic N) is 3. The monoisotopic (exact) mass is 373 g/mol. The molecular formula is C20H24FN3O3. The highest BCUT2D eigenvalue weighted by atomic mass is 19.1. The maximum absolute atomic E-state index is 12.9. The van der Waals surface area contributed by atoms with E-state index < -0.39 is 0 Å². The highest BCUT2D eigenvalue weighted by Crippen LogP contribution is 2.31. The average molecular weight is 373 g/mol. The molecule has 144 valence electrons. The predicted octanol–water partition coefficient (Wildman–Crippen LogP) is 3.34. The lowest BCUT2D eigenvalue weighted by Gasteiger charge is -2.19. The van der Waals surface area contributed by atoms with Crippen molar-refractivity contribution < 1.29 is 18.4 Å². The third kappa shape index (κ3) is 4.28. The maximum atomic E-state index is 12.9. The summed E-state index contributed by atoms with van der Waals surface area (Å²) >= 11 is 0. The first-order valence-electron chi connectivity index (χ1n) is 9.68. The molecule has 1 amide bonds. The number of carbonyl (C=O) groups excluding carboxylic acids is 1. The lowest BCUT2D eigenvalue weighted by atomic mass is 10.1. The first-order chi connectivity index (χ1) is 13.2. The van der Waals surface area contributed by atoms with Crippen molar-refractivity contribution in [2.24, 2.45) is 5.92 Å². The molecule has 1 aliphatic carbocycles. The van der Waals surface area contributed by atoms with Crippen molar-refractivity contribution in [2.45, 2.75) is 44.4 Å². The largest absolute Gasteiger partial charge is 0.493 e. The van der Waals surface area contributed by atoms with Crippen molar-refractivity contribution in [3.63, 3.8) is 0 Å². The molecule has 2 fully saturated rings. The van der Waals surface area contributed by atoms with Crippen LogP contribution in [0.3, 0.4) is 0 Å². The second kappa shape index (κ2) is 8.06. The molecule has 6 nitrogen and oxygen atoms in total. The van der Waals surface area contributed by atoms with Crippen LogP contribution >= 0.6 is 0 Å². The summed E-state index contributed by atoms with van der Waals surface area (Å²) in [5.74, 6) is 2.14. The van der Waals surface area contributed by atoms with E-state index in [0.29, 0.717) is 42.9 Å². The fourth-order valence-electron chi connectivity index (χ4n) is 3.92. The van der Waals surface area contributed by atoms with Gasteiger partial charge in [0, 0.05) is 25.4 Å². The van der Waals surface area contributed by atoms with E-state index in [4.69, 9.17) is 9.26 Å². The predicted molar refractivity (Wildman–Crippen MR) is 95.8 cm³/mol. The summed E-state index contributed by atoms with van der Waals surface area (Å²) < 4.78 is 23.9. The Hall–Kier alpha value is -2.44. The van der Waals surface area contributed by atoms with E-state index in [2.05, 4.69) is 10.1 Å². The quantitative estimate of drug-likeness (QED) is 0.777. The van der Waals surface area contributed by atoms with E-state index in [1.807, 2.05) is 4.90 Å². The molecule has 2 aliphatic rings. The van der Waals surface area contributed by atoms with Crippen LogP contribution in [0.1, 0.15) is 49.7 Å². The summed E-state index contributed by atoms with van der Waals surface area (Å²) in [5.41, 5.74) is 0. The van der Waals surface area contributed by atoms with Gasteiger partial charge < -0.3 is 14.2 Å². The Labute approximate surface area is 157 Å². The summed E-state index contributed by atoms with van der Waals surface area (Å²) in [6, 6.07) is 5.90. The Balaban J connectivity index is 1.26. The number of ether oxygens (including phenoxy) is 1. The molecule has 0 bridgehead atoms. The van der Waals surface area contributed by atoms with Gasteiger partial charge in [0.1, 0.15) is 11.6 Å². The van der Waals surface area contributed by atoms with Crippen molar-refractivity contribution in [3.05, 3.63) is 41.8 Å². The number of likely N-dealkylation sites (tertiary alicyclic amines) is 1. The maximum Gasteiger partial charge on any atom is 0.231 e. The zero-order valence-corrected chi connectivity index (χ0v) is 15.3. The lowest BCUT2D eigenvalue weighted by molar-refractivity contribution is -0.134. The van der Waals surface area contributed by atoms with E-state index >= 15 is 0 Å². The van der Waals surface area contributed by atoms with E-state index in [-0.39, 0.29) is 17.7 Å². The summed E-state index contributed by atoms with van der Waals surface area (Å²) in [7, 11) is 0. The molecule has 4 rings (SSSR count). The highest BCUT2D eigenvalue weighted by Gasteiger charge is 2.34. The van der Waals surface area contributed by atoms with Gasteiger partial charge in [-0.05, 0) is 43.5 Å². The van der Waals surface area contributed by atoms with Gasteiger partial charge in [0.2, 0.25) is 11.8 Å². The van der Waals surface area contributed by atoms with Crippen LogP contribution in [0.25, 0.3) is 0 Å². The van der Waals surface area contributed by atoms with E-state index in [9.17, 15) is 9.18 Å². The van der Waals surface area contributed by atoms with Crippen molar-refractivity contribution in [3.8, 4) is 5.75 Å². The third-order valence-corrected chi connectivity index (χ3v) is 5.45. The number of benzene rings is 1. The fraction of sp³-hybridized carbons (Fsp3) is 0.550. The molecule has 1 saturated heterocycles. The first kappa shape index (κ1) is 17.9. The van der Waals surface area contributed by atoms with Gasteiger partial charge in [-0.2, -0.15) is 4.98 Å². The molecule has 1 aliphatic heterocycles. The number of hydrogen-bond donors (Lipinski definition) is 0. The van der Waals surface area contributed by atoms with Crippen LogP contribution in [-0.4, -0.2) is 40.6 Å². The van der Waals surface area contributed by atoms with E-state index in [1.54, 1.807) is 12.1 Å². The fourth-order valence-corrected chi connectivity index (χ4v) is 3.92. The molecule has 0 N–H and O–H groups in total. The molecule has 2 aromatic rings. The lowest BCUT2D eigenvalue weighted by Crippen LogP contribution is -2.33. The Morgan fingerprint density at radius 2 is 2.00 bits per heavy atom. The van der Waals surface area contributed by atoms with Gasteiger partial charge in [-0.3, -0.25) is 4.79 Å². The molecule has 0 spiro atoms. The molecule has 7 heteroatoms. The number of aromatic nitrogens is 2. The Bertz CT molecular complexity index is 771. The van der Waals surface area contributed by atoms with Crippen molar-refractivity contribution in [2.75, 3.05) is 19.7 Å². The smallest absolute Gasteiger partial charge is 0.231 e. The van der Waals surface area contributed by atoms with Crippen LogP contribution in [0.15, 0.2) is 28.8 Å². The molecule has 1 atom stereocenters. The number of amides is 1. The zero-order valence-electron chi connectivity index (χ0n) is 15.3. The van der Waals surface area contributed by atoms with Crippen LogP contribution in [0.2, 0.25) is 0 Å². The Kier molecular flexibility index (Phi) is 5.36. The Morgan fingerprint density at radius 3 is 2.78 bits per heavy atom. The van der Waals surface area contributed by atoms with Crippen LogP contribution in [0.4, 0.5) is 4.39 Å². The van der Waals surface area contributed by atoms with Gasteiger partial charge >= 0.3 is 0 Å². The van der Waals surface area contributed by atoms with Crippen molar-refractivity contribution in [1.29, 1.82) is 0 Å². The number of carbonyl (C=O) groups is 1. The minimum atomic E-state index is -0.290. The van der Waals surface area contributed by atoms with E-state index in [0.717, 1.165) is 25.8 Å². The van der Waals surface area contributed by atoms with Crippen LogP contribution in [0, 0.1) is 11.7 Å².